The van der Waals surface area contributed by atoms with E-state index in [0.29, 0.717) is 0 Å². The first-order chi connectivity index (χ1) is 24.4. The highest BCUT2D eigenvalue weighted by Crippen LogP contribution is 2.30. The van der Waals surface area contributed by atoms with Gasteiger partial charge in [0.25, 0.3) is 0 Å². The fraction of sp³-hybridized carbons (Fsp3) is 0.960. The maximum absolute atomic E-state index is 9.99. The zero-order valence-electron chi connectivity index (χ0n) is 26.9. The van der Waals surface area contributed by atoms with Crippen LogP contribution in [0.1, 0.15) is 0 Å². The molecule has 308 valence electrons. The minimum atomic E-state index is -1.83. The zero-order valence-corrected chi connectivity index (χ0v) is 26.9. The average Bonchev–Trinajstić information content (AvgIpc) is 3.10. The molecule has 0 aromatic heterocycles. The van der Waals surface area contributed by atoms with Gasteiger partial charge < -0.3 is 120 Å². The molecule has 0 unspecified atom stereocenters. The second-order valence-electron chi connectivity index (χ2n) is 11.6. The Hall–Kier alpha value is -1.69. The minimum absolute atomic E-state index is 0.320. The molecular weight excluding hydrogens is 728 g/mol. The Morgan fingerprint density at radius 3 is 1.04 bits per heavy atom. The number of carboxylic acid groups (broad SMARTS) is 2. The van der Waals surface area contributed by atoms with Crippen molar-refractivity contribution in [1.82, 2.24) is 0 Å². The first-order valence-electron chi connectivity index (χ1n) is 15.2. The SMILES string of the molecule is NOC[C@H]1O[C@@H](O[C@H]2[C@H](O)[C@@H](O)[C@@H](O)O[C@@H]2CO)[C@H](O)[C@@H](O)[C@H]1O.NOC[C@H]1O[C@@H](O[C@H]2[C@H](O)[C@@H](O)[C@@H](O)O[C@@H]2CO)[C@H](O)[C@@H](O)[C@H]1O.O=C(O)O. The summed E-state index contributed by atoms with van der Waals surface area (Å²) in [4.78, 5) is 17.3. The van der Waals surface area contributed by atoms with Gasteiger partial charge in [0.05, 0.1) is 26.4 Å². The quantitative estimate of drug-likeness (QED) is 0.0916. The van der Waals surface area contributed by atoms with Gasteiger partial charge in [-0.2, -0.15) is 0 Å². The number of carbonyl (C=O) groups is 1. The Kier molecular flexibility index (Phi) is 19.1. The second kappa shape index (κ2) is 21.4. The zero-order chi connectivity index (χ0) is 39.6. The van der Waals surface area contributed by atoms with Crippen LogP contribution >= 0.6 is 0 Å². The van der Waals surface area contributed by atoms with Crippen LogP contribution in [0.2, 0.25) is 0 Å². The summed E-state index contributed by atoms with van der Waals surface area (Å²) in [6, 6.07) is 0. The summed E-state index contributed by atoms with van der Waals surface area (Å²) < 4.78 is 31.0. The predicted molar refractivity (Wildman–Crippen MR) is 154 cm³/mol. The number of ether oxygens (including phenoxy) is 6. The molecule has 27 heteroatoms. The highest BCUT2D eigenvalue weighted by Gasteiger charge is 2.52. The van der Waals surface area contributed by atoms with Gasteiger partial charge in [-0.25, -0.2) is 16.6 Å². The molecule has 20 N–H and O–H groups in total. The summed E-state index contributed by atoms with van der Waals surface area (Å²) in [6.45, 7) is -1.98. The summed E-state index contributed by atoms with van der Waals surface area (Å²) in [7, 11) is 0. The van der Waals surface area contributed by atoms with Crippen molar-refractivity contribution >= 4 is 6.16 Å². The van der Waals surface area contributed by atoms with E-state index in [9.17, 15) is 71.5 Å². The van der Waals surface area contributed by atoms with E-state index in [4.69, 9.17) is 55.2 Å². The van der Waals surface area contributed by atoms with Gasteiger partial charge in [-0.05, 0) is 0 Å². The molecule has 0 aromatic rings. The molecule has 4 fully saturated rings. The Labute approximate surface area is 292 Å². The van der Waals surface area contributed by atoms with E-state index in [1.165, 1.54) is 0 Å². The van der Waals surface area contributed by atoms with E-state index in [1.807, 2.05) is 0 Å². The summed E-state index contributed by atoms with van der Waals surface area (Å²) in [5.74, 6) is 9.80. The molecule has 0 aromatic carbocycles. The first-order valence-corrected chi connectivity index (χ1v) is 15.2. The molecule has 4 rings (SSSR count). The summed E-state index contributed by atoms with van der Waals surface area (Å²) in [6.07, 6.45) is -32.5. The fourth-order valence-electron chi connectivity index (χ4n) is 5.30. The molecule has 20 atom stereocenters. The molecule has 27 nitrogen and oxygen atoms in total. The van der Waals surface area contributed by atoms with Crippen molar-refractivity contribution in [2.24, 2.45) is 11.8 Å². The summed E-state index contributed by atoms with van der Waals surface area (Å²) >= 11 is 0. The molecule has 0 bridgehead atoms. The van der Waals surface area contributed by atoms with E-state index in [-0.39, 0.29) is 13.2 Å². The van der Waals surface area contributed by atoms with Crippen molar-refractivity contribution in [2.45, 2.75) is 123 Å². The van der Waals surface area contributed by atoms with Gasteiger partial charge in [0.1, 0.15) is 97.7 Å². The maximum atomic E-state index is 9.99. The third kappa shape index (κ3) is 11.7. The van der Waals surface area contributed by atoms with Gasteiger partial charge in [-0.3, -0.25) is 0 Å². The van der Waals surface area contributed by atoms with Gasteiger partial charge in [0.2, 0.25) is 0 Å². The van der Waals surface area contributed by atoms with Crippen molar-refractivity contribution in [3.63, 3.8) is 0 Å². The molecular formula is C25H48N2O25. The molecule has 4 heterocycles. The van der Waals surface area contributed by atoms with Crippen molar-refractivity contribution in [3.8, 4) is 0 Å². The van der Waals surface area contributed by atoms with E-state index in [2.05, 4.69) is 9.68 Å². The average molecular weight is 777 g/mol. The third-order valence-electron chi connectivity index (χ3n) is 8.12. The van der Waals surface area contributed by atoms with Crippen LogP contribution in [0.3, 0.4) is 0 Å². The maximum Gasteiger partial charge on any atom is 0.503 e. The van der Waals surface area contributed by atoms with Crippen LogP contribution in [0, 0.1) is 0 Å². The van der Waals surface area contributed by atoms with E-state index in [0.717, 1.165) is 0 Å². The van der Waals surface area contributed by atoms with Crippen LogP contribution in [0.15, 0.2) is 0 Å². The number of aliphatic hydroxyl groups is 14. The lowest BCUT2D eigenvalue weighted by Gasteiger charge is -2.45. The third-order valence-corrected chi connectivity index (χ3v) is 8.12. The van der Waals surface area contributed by atoms with E-state index in [1.54, 1.807) is 0 Å². The number of aliphatic hydroxyl groups excluding tert-OH is 14. The van der Waals surface area contributed by atoms with Crippen LogP contribution in [-0.4, -0.2) is 237 Å². The van der Waals surface area contributed by atoms with Crippen molar-refractivity contribution in [3.05, 3.63) is 0 Å². The predicted octanol–water partition coefficient (Wildman–Crippen LogP) is -10.8. The topological polar surface area (TPSA) is 467 Å². The molecule has 0 radical (unpaired) electrons. The highest BCUT2D eigenvalue weighted by atomic mass is 16.7. The Bertz CT molecular complexity index is 959. The van der Waals surface area contributed by atoms with Gasteiger partial charge >= 0.3 is 6.16 Å². The fourth-order valence-corrected chi connectivity index (χ4v) is 5.30. The molecule has 4 aliphatic rings. The molecule has 0 saturated carbocycles. The molecule has 4 saturated heterocycles. The van der Waals surface area contributed by atoms with Gasteiger partial charge in [0.15, 0.2) is 25.2 Å². The Morgan fingerprint density at radius 2 is 0.769 bits per heavy atom. The van der Waals surface area contributed by atoms with Crippen LogP contribution < -0.4 is 11.8 Å². The molecule has 0 aliphatic carbocycles. The second-order valence-corrected chi connectivity index (χ2v) is 11.6. The van der Waals surface area contributed by atoms with Gasteiger partial charge in [0, 0.05) is 0 Å². The van der Waals surface area contributed by atoms with Gasteiger partial charge in [-0.15, -0.1) is 0 Å². The Balaban J connectivity index is 0.000000327. The first kappa shape index (κ1) is 46.5. The number of hydrogen-bond acceptors (Lipinski definition) is 25. The largest absolute Gasteiger partial charge is 0.503 e. The van der Waals surface area contributed by atoms with Crippen LogP contribution in [-0.2, 0) is 38.1 Å². The summed E-state index contributed by atoms with van der Waals surface area (Å²) in [5, 5.41) is 150. The smallest absolute Gasteiger partial charge is 0.450 e. The standard InChI is InChI=1S/2C12H23NO11.CH2O3/c2*13-21-2-4-5(15)6(16)9(19)12(23-4)24-10-3(1-14)22-11(20)8(18)7(10)17;2-1(3)4/h2*3-12,14-20H,1-2,13H2;(H2,2,3,4)/t2*3-,4-,5+,6+,7-,8-,9-,10-,11+,12+;/m11./s1. The van der Waals surface area contributed by atoms with Crippen molar-refractivity contribution in [2.75, 3.05) is 26.4 Å². The number of rotatable bonds is 10. The highest BCUT2D eigenvalue weighted by molar-refractivity contribution is 5.53. The van der Waals surface area contributed by atoms with Crippen molar-refractivity contribution in [1.29, 1.82) is 0 Å². The Morgan fingerprint density at radius 1 is 0.462 bits per heavy atom. The minimum Gasteiger partial charge on any atom is -0.450 e. The number of hydrogen-bond donors (Lipinski definition) is 18. The normalized spacial score (nSPS) is 46.6. The van der Waals surface area contributed by atoms with Crippen LogP contribution in [0.4, 0.5) is 4.79 Å². The molecule has 52 heavy (non-hydrogen) atoms. The van der Waals surface area contributed by atoms with E-state index < -0.39 is 142 Å². The molecule has 4 aliphatic heterocycles. The van der Waals surface area contributed by atoms with E-state index >= 15 is 0 Å². The lowest BCUT2D eigenvalue weighted by molar-refractivity contribution is -0.356. The van der Waals surface area contributed by atoms with Crippen LogP contribution in [0.5, 0.6) is 0 Å². The lowest BCUT2D eigenvalue weighted by atomic mass is 9.97. The molecule has 0 spiro atoms. The lowest BCUT2D eigenvalue weighted by Crippen LogP contribution is -2.64. The van der Waals surface area contributed by atoms with Gasteiger partial charge in [-0.1, -0.05) is 0 Å². The number of nitrogens with two attached hydrogens (primary N) is 2. The summed E-state index contributed by atoms with van der Waals surface area (Å²) in [5.41, 5.74) is 0. The monoisotopic (exact) mass is 776 g/mol. The van der Waals surface area contributed by atoms with Crippen molar-refractivity contribution < 1.29 is 125 Å². The van der Waals surface area contributed by atoms with Crippen LogP contribution in [0.25, 0.3) is 0 Å². The molecule has 0 amide bonds.